The fourth-order valence-corrected chi connectivity index (χ4v) is 5.06. The van der Waals surface area contributed by atoms with E-state index in [9.17, 15) is 9.59 Å². The maximum absolute atomic E-state index is 13.1. The smallest absolute Gasteiger partial charge is 0.267 e. The predicted molar refractivity (Wildman–Crippen MR) is 122 cm³/mol. The van der Waals surface area contributed by atoms with Gasteiger partial charge in [0.25, 0.3) is 5.91 Å². The number of rotatable bonds is 5. The molecule has 152 valence electrons. The molecule has 2 aromatic carbocycles. The first-order valence-electron chi connectivity index (χ1n) is 9.63. The van der Waals surface area contributed by atoms with Gasteiger partial charge in [-0.2, -0.15) is 0 Å². The fraction of sp³-hybridized carbons (Fsp3) is 0.208. The third-order valence-corrected chi connectivity index (χ3v) is 6.56. The van der Waals surface area contributed by atoms with E-state index in [1.54, 1.807) is 14.0 Å². The summed E-state index contributed by atoms with van der Waals surface area (Å²) in [6.45, 7) is 5.90. The van der Waals surface area contributed by atoms with Crippen LogP contribution in [0.2, 0.25) is 0 Å². The van der Waals surface area contributed by atoms with E-state index in [0.29, 0.717) is 22.9 Å². The third-order valence-electron chi connectivity index (χ3n) is 5.24. The first kappa shape index (κ1) is 20.2. The highest BCUT2D eigenvalue weighted by atomic mass is 32.1. The number of aromatic nitrogens is 1. The minimum atomic E-state index is -0.230. The zero-order chi connectivity index (χ0) is 21.4. The average Bonchev–Trinajstić information content (AvgIpc) is 3.06. The number of nitrogens with zero attached hydrogens (tertiary/aromatic N) is 1. The molecule has 0 unspecified atom stereocenters. The summed E-state index contributed by atoms with van der Waals surface area (Å²) < 4.78 is 6.14. The molecule has 2 heterocycles. The lowest BCUT2D eigenvalue weighted by atomic mass is 10.0. The highest BCUT2D eigenvalue weighted by Gasteiger charge is 2.21. The number of thiophene rings is 1. The van der Waals surface area contributed by atoms with Crippen LogP contribution in [0.3, 0.4) is 0 Å². The Morgan fingerprint density at radius 1 is 1.10 bits per heavy atom. The molecule has 0 saturated carbocycles. The second-order valence-electron chi connectivity index (χ2n) is 7.31. The Hall–Kier alpha value is -3.09. The van der Waals surface area contributed by atoms with Gasteiger partial charge in [0.15, 0.2) is 5.78 Å². The SMILES string of the molecule is COCc1ccc(C(C)=O)c2sc(C(=O)Nc3ccc4c(C)cccc4n3)c(C)c12. The molecule has 0 radical (unpaired) electrons. The van der Waals surface area contributed by atoms with E-state index < -0.39 is 0 Å². The van der Waals surface area contributed by atoms with Gasteiger partial charge in [-0.05, 0) is 61.7 Å². The van der Waals surface area contributed by atoms with Gasteiger partial charge in [-0.1, -0.05) is 18.2 Å². The molecule has 1 amide bonds. The molecular weight excluding hydrogens is 396 g/mol. The maximum Gasteiger partial charge on any atom is 0.267 e. The van der Waals surface area contributed by atoms with E-state index in [4.69, 9.17) is 4.74 Å². The van der Waals surface area contributed by atoms with Gasteiger partial charge in [0.05, 0.1) is 17.0 Å². The number of nitrogens with one attached hydrogen (secondary N) is 1. The van der Waals surface area contributed by atoms with E-state index in [2.05, 4.69) is 10.3 Å². The third kappa shape index (κ3) is 3.49. The van der Waals surface area contributed by atoms with Crippen molar-refractivity contribution in [2.24, 2.45) is 0 Å². The predicted octanol–water partition coefficient (Wildman–Crippen LogP) is 5.67. The van der Waals surface area contributed by atoms with Gasteiger partial charge in [-0.3, -0.25) is 9.59 Å². The zero-order valence-electron chi connectivity index (χ0n) is 17.3. The van der Waals surface area contributed by atoms with Crippen molar-refractivity contribution in [2.75, 3.05) is 12.4 Å². The molecule has 0 spiro atoms. The van der Waals surface area contributed by atoms with Crippen molar-refractivity contribution in [3.8, 4) is 0 Å². The minimum Gasteiger partial charge on any atom is -0.380 e. The number of amides is 1. The van der Waals surface area contributed by atoms with Gasteiger partial charge >= 0.3 is 0 Å². The number of carbonyl (C=O) groups excluding carboxylic acids is 2. The number of anilines is 1. The number of benzene rings is 2. The summed E-state index contributed by atoms with van der Waals surface area (Å²) in [6, 6.07) is 13.4. The molecule has 6 heteroatoms. The van der Waals surface area contributed by atoms with E-state index in [1.807, 2.05) is 56.3 Å². The molecule has 0 aliphatic carbocycles. The minimum absolute atomic E-state index is 0.0243. The van der Waals surface area contributed by atoms with Crippen molar-refractivity contribution >= 4 is 49.8 Å². The van der Waals surface area contributed by atoms with Crippen molar-refractivity contribution in [2.45, 2.75) is 27.4 Å². The molecule has 4 aromatic rings. The Labute approximate surface area is 178 Å². The number of carbonyl (C=O) groups is 2. The van der Waals surface area contributed by atoms with Crippen molar-refractivity contribution in [3.63, 3.8) is 0 Å². The Morgan fingerprint density at radius 2 is 1.90 bits per heavy atom. The zero-order valence-corrected chi connectivity index (χ0v) is 18.1. The summed E-state index contributed by atoms with van der Waals surface area (Å²) in [7, 11) is 1.63. The van der Waals surface area contributed by atoms with Crippen molar-refractivity contribution in [1.82, 2.24) is 4.98 Å². The number of aryl methyl sites for hydroxylation is 2. The van der Waals surface area contributed by atoms with Crippen molar-refractivity contribution in [3.05, 3.63) is 69.6 Å². The van der Waals surface area contributed by atoms with Crippen LogP contribution >= 0.6 is 11.3 Å². The lowest BCUT2D eigenvalue weighted by molar-refractivity contribution is 0.101. The van der Waals surface area contributed by atoms with Crippen LogP contribution in [0.15, 0.2) is 42.5 Å². The quantitative estimate of drug-likeness (QED) is 0.424. The van der Waals surface area contributed by atoms with Gasteiger partial charge in [-0.25, -0.2) is 4.98 Å². The molecule has 0 bridgehead atoms. The van der Waals surface area contributed by atoms with Crippen LogP contribution in [0.4, 0.5) is 5.82 Å². The summed E-state index contributed by atoms with van der Waals surface area (Å²) in [5.74, 6) is 0.244. The second-order valence-corrected chi connectivity index (χ2v) is 8.33. The van der Waals surface area contributed by atoms with E-state index in [-0.39, 0.29) is 11.7 Å². The number of hydrogen-bond acceptors (Lipinski definition) is 5. The molecule has 0 aliphatic heterocycles. The van der Waals surface area contributed by atoms with Gasteiger partial charge in [0.1, 0.15) is 5.82 Å². The molecule has 5 nitrogen and oxygen atoms in total. The molecule has 0 atom stereocenters. The van der Waals surface area contributed by atoms with Gasteiger partial charge < -0.3 is 10.1 Å². The van der Waals surface area contributed by atoms with Crippen LogP contribution in [0, 0.1) is 13.8 Å². The summed E-state index contributed by atoms with van der Waals surface area (Å²) in [5, 5.41) is 4.89. The summed E-state index contributed by atoms with van der Waals surface area (Å²) in [6.07, 6.45) is 0. The first-order chi connectivity index (χ1) is 14.4. The molecule has 0 saturated heterocycles. The van der Waals surface area contributed by atoms with Crippen molar-refractivity contribution in [1.29, 1.82) is 0 Å². The molecule has 4 rings (SSSR count). The molecule has 30 heavy (non-hydrogen) atoms. The molecule has 2 aromatic heterocycles. The molecule has 0 aliphatic rings. The van der Waals surface area contributed by atoms with E-state index in [0.717, 1.165) is 37.7 Å². The monoisotopic (exact) mass is 418 g/mol. The summed E-state index contributed by atoms with van der Waals surface area (Å²) in [5.41, 5.74) is 4.41. The standard InChI is InChI=1S/C24H22N2O3S/c1-13-6-5-7-19-17(13)10-11-20(25-19)26-24(28)22-14(2)21-16(12-29-4)8-9-18(15(3)27)23(21)30-22/h5-11H,12H2,1-4H3,(H,25,26,28). The van der Waals surface area contributed by atoms with Crippen LogP contribution in [0.5, 0.6) is 0 Å². The van der Waals surface area contributed by atoms with Crippen LogP contribution < -0.4 is 5.32 Å². The normalized spacial score (nSPS) is 11.2. The van der Waals surface area contributed by atoms with Crippen LogP contribution in [-0.2, 0) is 11.3 Å². The molecule has 1 N–H and O–H groups in total. The van der Waals surface area contributed by atoms with E-state index >= 15 is 0 Å². The van der Waals surface area contributed by atoms with Crippen LogP contribution in [0.25, 0.3) is 21.0 Å². The Bertz CT molecular complexity index is 1310. The van der Waals surface area contributed by atoms with E-state index in [1.165, 1.54) is 11.3 Å². The number of fused-ring (bicyclic) bond motifs is 2. The molecule has 0 fully saturated rings. The summed E-state index contributed by atoms with van der Waals surface area (Å²) >= 11 is 1.34. The van der Waals surface area contributed by atoms with Gasteiger partial charge in [0, 0.05) is 28.1 Å². The maximum atomic E-state index is 13.1. The lowest BCUT2D eigenvalue weighted by Gasteiger charge is -2.07. The summed E-state index contributed by atoms with van der Waals surface area (Å²) in [4.78, 5) is 30.4. The lowest BCUT2D eigenvalue weighted by Crippen LogP contribution is -2.12. The Morgan fingerprint density at radius 3 is 2.63 bits per heavy atom. The van der Waals surface area contributed by atoms with Gasteiger partial charge in [-0.15, -0.1) is 11.3 Å². The number of pyridine rings is 1. The van der Waals surface area contributed by atoms with Crippen LogP contribution in [0.1, 0.15) is 43.6 Å². The van der Waals surface area contributed by atoms with Gasteiger partial charge in [0.2, 0.25) is 0 Å². The average molecular weight is 419 g/mol. The Balaban J connectivity index is 1.76. The fourth-order valence-electron chi connectivity index (χ4n) is 3.75. The van der Waals surface area contributed by atoms with Crippen molar-refractivity contribution < 1.29 is 14.3 Å². The number of Topliss-reactive ketones (excluding diaryl/α,β-unsaturated/α-hetero) is 1. The Kier molecular flexibility index (Phi) is 5.37. The number of hydrogen-bond donors (Lipinski definition) is 1. The first-order valence-corrected chi connectivity index (χ1v) is 10.4. The number of methoxy groups -OCH3 is 1. The largest absolute Gasteiger partial charge is 0.380 e. The number of ketones is 1. The highest BCUT2D eigenvalue weighted by molar-refractivity contribution is 7.21. The van der Waals surface area contributed by atoms with Crippen LogP contribution in [-0.4, -0.2) is 23.8 Å². The topological polar surface area (TPSA) is 68.3 Å². The highest BCUT2D eigenvalue weighted by Crippen LogP contribution is 2.37. The molecular formula is C24H22N2O3S. The number of ether oxygens (including phenoxy) is 1. The second kappa shape index (κ2) is 7.97.